The first kappa shape index (κ1) is 15.5. The standard InChI is InChI=1S/C17H15N3O4/c1-11-4-2-5-12(8-11)19-15(21)14-9-18-17(23)20(16(14)22)10-13-6-3-7-24-13/h2-9H,10H2,1H3,(H,18,23)(H,19,21). The number of carbonyl (C=O) groups excluding carboxylic acids is 1. The number of amides is 1. The Kier molecular flexibility index (Phi) is 4.15. The van der Waals surface area contributed by atoms with Crippen LogP contribution in [0, 0.1) is 6.92 Å². The molecule has 7 heteroatoms. The molecule has 2 N–H and O–H groups in total. The SMILES string of the molecule is Cc1cccc(NC(=O)c2c[nH]c(=O)n(Cc3ccco3)c2=O)c1. The van der Waals surface area contributed by atoms with E-state index < -0.39 is 17.2 Å². The van der Waals surface area contributed by atoms with E-state index in [1.54, 1.807) is 30.3 Å². The zero-order chi connectivity index (χ0) is 17.1. The van der Waals surface area contributed by atoms with Gasteiger partial charge in [0.15, 0.2) is 0 Å². The van der Waals surface area contributed by atoms with E-state index in [2.05, 4.69) is 10.3 Å². The average Bonchev–Trinajstić information content (AvgIpc) is 3.04. The van der Waals surface area contributed by atoms with Gasteiger partial charge in [0.2, 0.25) is 0 Å². The summed E-state index contributed by atoms with van der Waals surface area (Å²) in [7, 11) is 0. The summed E-state index contributed by atoms with van der Waals surface area (Å²) in [4.78, 5) is 39.1. The number of aromatic nitrogens is 2. The Labute approximate surface area is 136 Å². The number of nitrogens with one attached hydrogen (secondary N) is 2. The minimum Gasteiger partial charge on any atom is -0.467 e. The number of aryl methyl sites for hydroxylation is 1. The number of furan rings is 1. The van der Waals surface area contributed by atoms with Gasteiger partial charge in [0.1, 0.15) is 11.3 Å². The molecule has 0 aliphatic rings. The third-order valence-corrected chi connectivity index (χ3v) is 3.48. The van der Waals surface area contributed by atoms with Crippen molar-refractivity contribution in [1.29, 1.82) is 0 Å². The highest BCUT2D eigenvalue weighted by Crippen LogP contribution is 2.10. The number of nitrogens with zero attached hydrogens (tertiary/aromatic N) is 1. The quantitative estimate of drug-likeness (QED) is 0.763. The number of benzene rings is 1. The second kappa shape index (κ2) is 6.41. The normalized spacial score (nSPS) is 10.5. The molecule has 1 aromatic carbocycles. The predicted octanol–water partition coefficient (Wildman–Crippen LogP) is 1.74. The van der Waals surface area contributed by atoms with Gasteiger partial charge in [-0.3, -0.25) is 14.2 Å². The molecule has 2 heterocycles. The molecule has 0 unspecified atom stereocenters. The molecule has 0 aliphatic carbocycles. The molecule has 3 rings (SSSR count). The lowest BCUT2D eigenvalue weighted by molar-refractivity contribution is 0.102. The summed E-state index contributed by atoms with van der Waals surface area (Å²) in [5.41, 5.74) is 0.110. The van der Waals surface area contributed by atoms with Crippen LogP contribution in [0.3, 0.4) is 0 Å². The van der Waals surface area contributed by atoms with Crippen molar-refractivity contribution >= 4 is 11.6 Å². The van der Waals surface area contributed by atoms with Gasteiger partial charge < -0.3 is 14.7 Å². The molecule has 0 fully saturated rings. The zero-order valence-electron chi connectivity index (χ0n) is 12.9. The number of H-pyrrole nitrogens is 1. The van der Waals surface area contributed by atoms with Crippen molar-refractivity contribution in [2.75, 3.05) is 5.32 Å². The Morgan fingerprint density at radius 1 is 1.25 bits per heavy atom. The highest BCUT2D eigenvalue weighted by Gasteiger charge is 2.15. The summed E-state index contributed by atoms with van der Waals surface area (Å²) >= 11 is 0. The summed E-state index contributed by atoms with van der Waals surface area (Å²) < 4.78 is 6.06. The van der Waals surface area contributed by atoms with Gasteiger partial charge in [-0.15, -0.1) is 0 Å². The molecular formula is C17H15N3O4. The smallest absolute Gasteiger partial charge is 0.328 e. The molecule has 1 amide bonds. The lowest BCUT2D eigenvalue weighted by Gasteiger charge is -2.07. The van der Waals surface area contributed by atoms with E-state index >= 15 is 0 Å². The molecule has 0 saturated carbocycles. The van der Waals surface area contributed by atoms with Gasteiger partial charge in [-0.1, -0.05) is 12.1 Å². The summed E-state index contributed by atoms with van der Waals surface area (Å²) in [6.45, 7) is 1.85. The topological polar surface area (TPSA) is 97.1 Å². The lowest BCUT2D eigenvalue weighted by Crippen LogP contribution is -2.39. The summed E-state index contributed by atoms with van der Waals surface area (Å²) in [5.74, 6) is -0.145. The largest absolute Gasteiger partial charge is 0.467 e. The second-order valence-corrected chi connectivity index (χ2v) is 5.30. The number of carbonyl (C=O) groups is 1. The first-order valence-electron chi connectivity index (χ1n) is 7.27. The second-order valence-electron chi connectivity index (χ2n) is 5.30. The Morgan fingerprint density at radius 2 is 2.08 bits per heavy atom. The molecule has 3 aromatic rings. The maximum atomic E-state index is 12.5. The van der Waals surface area contributed by atoms with Crippen LogP contribution in [0.2, 0.25) is 0 Å². The summed E-state index contributed by atoms with van der Waals surface area (Å²) in [5, 5.41) is 2.65. The van der Waals surface area contributed by atoms with Gasteiger partial charge in [-0.2, -0.15) is 0 Å². The molecule has 122 valence electrons. The molecule has 0 radical (unpaired) electrons. The first-order chi connectivity index (χ1) is 11.5. The molecule has 24 heavy (non-hydrogen) atoms. The average molecular weight is 325 g/mol. The fraction of sp³-hybridized carbons (Fsp3) is 0.118. The molecule has 0 bridgehead atoms. The van der Waals surface area contributed by atoms with Crippen molar-refractivity contribution < 1.29 is 9.21 Å². The monoisotopic (exact) mass is 325 g/mol. The Bertz CT molecular complexity index is 984. The van der Waals surface area contributed by atoms with E-state index in [4.69, 9.17) is 4.42 Å². The predicted molar refractivity (Wildman–Crippen MR) is 88.3 cm³/mol. The van der Waals surface area contributed by atoms with E-state index in [1.165, 1.54) is 6.26 Å². The molecule has 0 spiro atoms. The number of hydrogen-bond donors (Lipinski definition) is 2. The Hall–Kier alpha value is -3.35. The molecule has 0 atom stereocenters. The van der Waals surface area contributed by atoms with Crippen molar-refractivity contribution in [1.82, 2.24) is 9.55 Å². The van der Waals surface area contributed by atoms with Crippen LogP contribution in [0.5, 0.6) is 0 Å². The molecule has 7 nitrogen and oxygen atoms in total. The van der Waals surface area contributed by atoms with Crippen LogP contribution in [-0.4, -0.2) is 15.5 Å². The Balaban J connectivity index is 1.92. The van der Waals surface area contributed by atoms with Gasteiger partial charge in [-0.05, 0) is 36.8 Å². The number of aromatic amines is 1. The van der Waals surface area contributed by atoms with Gasteiger partial charge in [0.25, 0.3) is 11.5 Å². The molecular weight excluding hydrogens is 310 g/mol. The fourth-order valence-electron chi connectivity index (χ4n) is 2.30. The molecule has 0 saturated heterocycles. The van der Waals surface area contributed by atoms with E-state index in [0.29, 0.717) is 11.4 Å². The number of anilines is 1. The fourth-order valence-corrected chi connectivity index (χ4v) is 2.30. The number of rotatable bonds is 4. The zero-order valence-corrected chi connectivity index (χ0v) is 12.9. The molecule has 2 aromatic heterocycles. The van der Waals surface area contributed by atoms with Crippen LogP contribution in [-0.2, 0) is 6.54 Å². The van der Waals surface area contributed by atoms with Crippen molar-refractivity contribution in [3.05, 3.63) is 86.6 Å². The van der Waals surface area contributed by atoms with Crippen LogP contribution in [0.4, 0.5) is 5.69 Å². The Morgan fingerprint density at radius 3 is 2.79 bits per heavy atom. The maximum Gasteiger partial charge on any atom is 0.328 e. The molecule has 0 aliphatic heterocycles. The van der Waals surface area contributed by atoms with Crippen molar-refractivity contribution in [2.24, 2.45) is 0 Å². The third kappa shape index (κ3) is 3.19. The van der Waals surface area contributed by atoms with Crippen LogP contribution >= 0.6 is 0 Å². The third-order valence-electron chi connectivity index (χ3n) is 3.48. The van der Waals surface area contributed by atoms with Crippen molar-refractivity contribution in [2.45, 2.75) is 13.5 Å². The minimum atomic E-state index is -0.680. The maximum absolute atomic E-state index is 12.5. The highest BCUT2D eigenvalue weighted by molar-refractivity contribution is 6.03. The van der Waals surface area contributed by atoms with E-state index in [0.717, 1.165) is 16.3 Å². The van der Waals surface area contributed by atoms with E-state index in [-0.39, 0.29) is 12.1 Å². The van der Waals surface area contributed by atoms with Crippen LogP contribution < -0.4 is 16.6 Å². The van der Waals surface area contributed by atoms with Crippen LogP contribution in [0.1, 0.15) is 21.7 Å². The van der Waals surface area contributed by atoms with Gasteiger partial charge in [-0.25, -0.2) is 4.79 Å². The van der Waals surface area contributed by atoms with E-state index in [1.807, 2.05) is 13.0 Å². The lowest BCUT2D eigenvalue weighted by atomic mass is 10.2. The first-order valence-corrected chi connectivity index (χ1v) is 7.27. The van der Waals surface area contributed by atoms with Crippen LogP contribution in [0.25, 0.3) is 0 Å². The minimum absolute atomic E-state index is 0.0489. The number of hydrogen-bond acceptors (Lipinski definition) is 4. The van der Waals surface area contributed by atoms with Gasteiger partial charge >= 0.3 is 5.69 Å². The van der Waals surface area contributed by atoms with Crippen molar-refractivity contribution in [3.63, 3.8) is 0 Å². The van der Waals surface area contributed by atoms with Gasteiger partial charge in [0.05, 0.1) is 12.8 Å². The highest BCUT2D eigenvalue weighted by atomic mass is 16.3. The van der Waals surface area contributed by atoms with E-state index in [9.17, 15) is 14.4 Å². The van der Waals surface area contributed by atoms with Crippen molar-refractivity contribution in [3.8, 4) is 0 Å². The van der Waals surface area contributed by atoms with Gasteiger partial charge in [0, 0.05) is 11.9 Å². The summed E-state index contributed by atoms with van der Waals surface area (Å²) in [6, 6.07) is 10.5. The van der Waals surface area contributed by atoms with Crippen LogP contribution in [0.15, 0.2) is 62.9 Å². The summed E-state index contributed by atoms with van der Waals surface area (Å²) in [6.07, 6.45) is 2.57.